The van der Waals surface area contributed by atoms with Crippen LogP contribution in [-0.2, 0) is 18.0 Å². The Bertz CT molecular complexity index is 1440. The zero-order valence-electron chi connectivity index (χ0n) is 21.7. The van der Waals surface area contributed by atoms with Crippen LogP contribution in [-0.4, -0.2) is 18.0 Å². The molecule has 4 aromatic rings. The lowest BCUT2D eigenvalue weighted by Crippen LogP contribution is -1.97. The maximum atomic E-state index is 12.3. The van der Waals surface area contributed by atoms with E-state index in [-0.39, 0.29) is 11.5 Å². The first kappa shape index (κ1) is 27.0. The standard InChI is InChI=1S/C34H30O5/c1-37-34-22-27(16-21-33(34)39-25-29-10-6-3-7-11-29)13-18-31(36)23-30(35)17-12-26-14-19-32(20-15-26)38-24-28-8-4-2-5-9-28/h2-23,36H,24-25H2,1H3/b17-12+,18-13+,31-23?. The van der Waals surface area contributed by atoms with Crippen LogP contribution in [0.15, 0.2) is 127 Å². The average Bonchev–Trinajstić information content (AvgIpc) is 2.98. The monoisotopic (exact) mass is 518 g/mol. The predicted octanol–water partition coefficient (Wildman–Crippen LogP) is 7.59. The minimum Gasteiger partial charge on any atom is -0.508 e. The van der Waals surface area contributed by atoms with Gasteiger partial charge in [-0.3, -0.25) is 4.79 Å². The Kier molecular flexibility index (Phi) is 9.73. The molecule has 0 aliphatic heterocycles. The Morgan fingerprint density at radius 1 is 0.692 bits per heavy atom. The molecular formula is C34H30O5. The molecule has 0 saturated heterocycles. The number of benzene rings is 4. The first-order valence-electron chi connectivity index (χ1n) is 12.5. The van der Waals surface area contributed by atoms with Crippen LogP contribution >= 0.6 is 0 Å². The van der Waals surface area contributed by atoms with Crippen LogP contribution in [0, 0.1) is 0 Å². The summed E-state index contributed by atoms with van der Waals surface area (Å²) < 4.78 is 17.1. The van der Waals surface area contributed by atoms with Crippen LogP contribution in [0.1, 0.15) is 22.3 Å². The van der Waals surface area contributed by atoms with Crippen molar-refractivity contribution in [2.75, 3.05) is 7.11 Å². The Labute approximate surface area is 228 Å². The molecule has 0 heterocycles. The molecule has 0 bridgehead atoms. The summed E-state index contributed by atoms with van der Waals surface area (Å²) in [6, 6.07) is 32.7. The molecule has 0 aliphatic carbocycles. The van der Waals surface area contributed by atoms with Crippen molar-refractivity contribution < 1.29 is 24.1 Å². The van der Waals surface area contributed by atoms with Crippen molar-refractivity contribution in [3.63, 3.8) is 0 Å². The molecule has 4 rings (SSSR count). The van der Waals surface area contributed by atoms with Crippen LogP contribution in [0.25, 0.3) is 12.2 Å². The van der Waals surface area contributed by atoms with Gasteiger partial charge in [0.2, 0.25) is 0 Å². The molecule has 4 aromatic carbocycles. The normalized spacial score (nSPS) is 11.6. The number of ether oxygens (including phenoxy) is 3. The van der Waals surface area contributed by atoms with Crippen molar-refractivity contribution in [2.45, 2.75) is 13.2 Å². The summed E-state index contributed by atoms with van der Waals surface area (Å²) >= 11 is 0. The second-order valence-corrected chi connectivity index (χ2v) is 8.67. The molecule has 0 unspecified atom stereocenters. The van der Waals surface area contributed by atoms with E-state index < -0.39 is 0 Å². The maximum absolute atomic E-state index is 12.3. The molecule has 0 saturated carbocycles. The number of carbonyl (C=O) groups is 1. The lowest BCUT2D eigenvalue weighted by molar-refractivity contribution is -0.110. The molecule has 196 valence electrons. The molecular weight excluding hydrogens is 488 g/mol. The summed E-state index contributed by atoms with van der Waals surface area (Å²) in [4.78, 5) is 12.3. The summed E-state index contributed by atoms with van der Waals surface area (Å²) in [6.07, 6.45) is 7.42. The maximum Gasteiger partial charge on any atom is 0.182 e. The van der Waals surface area contributed by atoms with E-state index in [9.17, 15) is 9.90 Å². The van der Waals surface area contributed by atoms with Crippen LogP contribution in [0.4, 0.5) is 0 Å². The van der Waals surface area contributed by atoms with E-state index >= 15 is 0 Å². The van der Waals surface area contributed by atoms with Gasteiger partial charge in [0.1, 0.15) is 24.7 Å². The molecule has 1 N–H and O–H groups in total. The smallest absolute Gasteiger partial charge is 0.182 e. The number of methoxy groups -OCH3 is 1. The average molecular weight is 519 g/mol. The highest BCUT2D eigenvalue weighted by atomic mass is 16.5. The van der Waals surface area contributed by atoms with E-state index in [4.69, 9.17) is 14.2 Å². The molecule has 0 aromatic heterocycles. The van der Waals surface area contributed by atoms with Gasteiger partial charge in [-0.2, -0.15) is 0 Å². The third kappa shape index (κ3) is 8.79. The largest absolute Gasteiger partial charge is 0.508 e. The van der Waals surface area contributed by atoms with Crippen molar-refractivity contribution >= 4 is 17.9 Å². The Balaban J connectivity index is 1.29. The second kappa shape index (κ2) is 14.1. The summed E-state index contributed by atoms with van der Waals surface area (Å²) in [5.41, 5.74) is 3.79. The second-order valence-electron chi connectivity index (χ2n) is 8.67. The number of hydrogen-bond donors (Lipinski definition) is 1. The molecule has 0 atom stereocenters. The van der Waals surface area contributed by atoms with Gasteiger partial charge in [-0.1, -0.05) is 91.0 Å². The third-order valence-corrected chi connectivity index (χ3v) is 5.73. The van der Waals surface area contributed by atoms with Crippen molar-refractivity contribution in [1.29, 1.82) is 0 Å². The number of ketones is 1. The molecule has 0 fully saturated rings. The Hall–Kier alpha value is -5.03. The van der Waals surface area contributed by atoms with Crippen LogP contribution in [0.2, 0.25) is 0 Å². The lowest BCUT2D eigenvalue weighted by Gasteiger charge is -2.11. The van der Waals surface area contributed by atoms with E-state index in [1.165, 1.54) is 18.2 Å². The van der Waals surface area contributed by atoms with Gasteiger partial charge in [-0.05, 0) is 58.7 Å². The van der Waals surface area contributed by atoms with Crippen molar-refractivity contribution in [3.05, 3.63) is 149 Å². The molecule has 0 spiro atoms. The quantitative estimate of drug-likeness (QED) is 0.119. The van der Waals surface area contributed by atoms with Crippen LogP contribution in [0.3, 0.4) is 0 Å². The minimum atomic E-state index is -0.330. The summed E-state index contributed by atoms with van der Waals surface area (Å²) in [5, 5.41) is 10.2. The topological polar surface area (TPSA) is 65.0 Å². The van der Waals surface area contributed by atoms with Crippen LogP contribution in [0.5, 0.6) is 17.2 Å². The van der Waals surface area contributed by atoms with E-state index in [0.717, 1.165) is 28.0 Å². The van der Waals surface area contributed by atoms with E-state index in [2.05, 4.69) is 0 Å². The molecule has 5 heteroatoms. The molecule has 5 nitrogen and oxygen atoms in total. The molecule has 0 amide bonds. The fourth-order valence-electron chi connectivity index (χ4n) is 3.66. The number of rotatable bonds is 12. The first-order chi connectivity index (χ1) is 19.1. The summed E-state index contributed by atoms with van der Waals surface area (Å²) in [7, 11) is 1.58. The zero-order valence-corrected chi connectivity index (χ0v) is 21.7. The number of hydrogen-bond acceptors (Lipinski definition) is 5. The van der Waals surface area contributed by atoms with Gasteiger partial charge < -0.3 is 19.3 Å². The fraction of sp³-hybridized carbons (Fsp3) is 0.0882. The van der Waals surface area contributed by atoms with Crippen molar-refractivity contribution in [3.8, 4) is 17.2 Å². The summed E-state index contributed by atoms with van der Waals surface area (Å²) in [6.45, 7) is 0.919. The highest BCUT2D eigenvalue weighted by molar-refractivity contribution is 6.02. The van der Waals surface area contributed by atoms with Crippen LogP contribution < -0.4 is 14.2 Å². The SMILES string of the molecule is COc1cc(/C=C/C(O)=CC(=O)/C=C/c2ccc(OCc3ccccc3)cc2)ccc1OCc1ccccc1. The molecule has 0 radical (unpaired) electrons. The third-order valence-electron chi connectivity index (χ3n) is 5.73. The predicted molar refractivity (Wildman–Crippen MR) is 155 cm³/mol. The van der Waals surface area contributed by atoms with E-state index in [1.54, 1.807) is 25.3 Å². The van der Waals surface area contributed by atoms with E-state index in [1.807, 2.05) is 97.1 Å². The van der Waals surface area contributed by atoms with Crippen molar-refractivity contribution in [1.82, 2.24) is 0 Å². The van der Waals surface area contributed by atoms with Gasteiger partial charge in [-0.15, -0.1) is 0 Å². The van der Waals surface area contributed by atoms with Gasteiger partial charge in [0, 0.05) is 6.08 Å². The fourth-order valence-corrected chi connectivity index (χ4v) is 3.66. The van der Waals surface area contributed by atoms with Gasteiger partial charge in [0.25, 0.3) is 0 Å². The van der Waals surface area contributed by atoms with Crippen molar-refractivity contribution in [2.24, 2.45) is 0 Å². The van der Waals surface area contributed by atoms with Gasteiger partial charge in [-0.25, -0.2) is 0 Å². The van der Waals surface area contributed by atoms with E-state index in [0.29, 0.717) is 24.7 Å². The highest BCUT2D eigenvalue weighted by Gasteiger charge is 2.06. The number of allylic oxidation sites excluding steroid dienone is 3. The summed E-state index contributed by atoms with van der Waals surface area (Å²) in [5.74, 6) is 1.46. The number of aliphatic hydroxyl groups is 1. The van der Waals surface area contributed by atoms with Gasteiger partial charge in [0.15, 0.2) is 17.3 Å². The number of carbonyl (C=O) groups excluding carboxylic acids is 1. The Morgan fingerprint density at radius 2 is 1.28 bits per heavy atom. The number of aliphatic hydroxyl groups excluding tert-OH is 1. The minimum absolute atomic E-state index is 0.155. The first-order valence-corrected chi connectivity index (χ1v) is 12.5. The highest BCUT2D eigenvalue weighted by Crippen LogP contribution is 2.29. The van der Waals surface area contributed by atoms with Gasteiger partial charge >= 0.3 is 0 Å². The van der Waals surface area contributed by atoms with Gasteiger partial charge in [0.05, 0.1) is 7.11 Å². The zero-order chi connectivity index (χ0) is 27.3. The lowest BCUT2D eigenvalue weighted by atomic mass is 10.1. The Morgan fingerprint density at radius 3 is 1.92 bits per heavy atom. The molecule has 39 heavy (non-hydrogen) atoms. The molecule has 0 aliphatic rings.